The van der Waals surface area contributed by atoms with Crippen LogP contribution in [0.1, 0.15) is 51.4 Å². The van der Waals surface area contributed by atoms with Crippen LogP contribution in [0.25, 0.3) is 0 Å². The molecule has 1 aromatic carbocycles. The van der Waals surface area contributed by atoms with Gasteiger partial charge in [0.1, 0.15) is 11.3 Å². The zero-order chi connectivity index (χ0) is 20.7. The average molecular weight is 392 g/mol. The molecule has 29 heavy (non-hydrogen) atoms. The fraction of sp³-hybridized carbons (Fsp3) is 0.318. The van der Waals surface area contributed by atoms with E-state index < -0.39 is 0 Å². The summed E-state index contributed by atoms with van der Waals surface area (Å²) in [5, 5.41) is 9.89. The second-order valence-electron chi connectivity index (χ2n) is 7.51. The molecular formula is C22H24N4O3. The second-order valence-corrected chi connectivity index (χ2v) is 7.51. The summed E-state index contributed by atoms with van der Waals surface area (Å²) in [7, 11) is 1.71. The smallest absolute Gasteiger partial charge is 0.263 e. The lowest BCUT2D eigenvalue weighted by molar-refractivity contribution is 0.0719. The monoisotopic (exact) mass is 392 g/mol. The lowest BCUT2D eigenvalue weighted by Crippen LogP contribution is -2.42. The average Bonchev–Trinajstić information content (AvgIpc) is 3.18. The van der Waals surface area contributed by atoms with E-state index in [1.807, 2.05) is 19.9 Å². The number of fused-ring (bicyclic) bond motifs is 1. The Kier molecular flexibility index (Phi) is 4.74. The third kappa shape index (κ3) is 3.22. The van der Waals surface area contributed by atoms with E-state index in [1.165, 1.54) is 0 Å². The highest BCUT2D eigenvalue weighted by atomic mass is 16.3. The standard InChI is InChI=1S/C22H24N4O3/c1-4-19-13(2)8-16(21(28)25(19)3)22(29)26-10-17(14-6-5-7-15(27)9-14)20-18(11-26)23-12-24-20/h5-9,12,17,27H,4,10-11H2,1-3H3,(H,23,24). The molecule has 150 valence electrons. The van der Waals surface area contributed by atoms with Crippen molar-refractivity contribution < 1.29 is 9.90 Å². The van der Waals surface area contributed by atoms with Gasteiger partial charge < -0.3 is 19.6 Å². The molecule has 0 radical (unpaired) electrons. The fourth-order valence-corrected chi connectivity index (χ4v) is 4.25. The largest absolute Gasteiger partial charge is 0.508 e. The van der Waals surface area contributed by atoms with E-state index in [9.17, 15) is 14.7 Å². The Morgan fingerprint density at radius 2 is 2.14 bits per heavy atom. The van der Waals surface area contributed by atoms with Crippen molar-refractivity contribution in [2.75, 3.05) is 6.54 Å². The first-order chi connectivity index (χ1) is 13.9. The van der Waals surface area contributed by atoms with Gasteiger partial charge in [0.15, 0.2) is 0 Å². The van der Waals surface area contributed by atoms with Gasteiger partial charge in [-0.1, -0.05) is 19.1 Å². The zero-order valence-electron chi connectivity index (χ0n) is 16.8. The lowest BCUT2D eigenvalue weighted by Gasteiger charge is -2.32. The number of aromatic hydroxyl groups is 1. The van der Waals surface area contributed by atoms with Crippen molar-refractivity contribution in [3.63, 3.8) is 0 Å². The number of nitrogens with zero attached hydrogens (tertiary/aromatic N) is 3. The van der Waals surface area contributed by atoms with Gasteiger partial charge >= 0.3 is 0 Å². The van der Waals surface area contributed by atoms with Crippen LogP contribution in [-0.2, 0) is 20.0 Å². The van der Waals surface area contributed by atoms with Gasteiger partial charge in [0.25, 0.3) is 11.5 Å². The number of hydrogen-bond acceptors (Lipinski definition) is 4. The number of phenols is 1. The summed E-state index contributed by atoms with van der Waals surface area (Å²) < 4.78 is 1.57. The minimum atomic E-state index is -0.290. The highest BCUT2D eigenvalue weighted by molar-refractivity contribution is 5.94. The number of aromatic nitrogens is 3. The van der Waals surface area contributed by atoms with Crippen molar-refractivity contribution in [1.82, 2.24) is 19.4 Å². The Morgan fingerprint density at radius 1 is 1.34 bits per heavy atom. The van der Waals surface area contributed by atoms with Crippen LogP contribution in [0, 0.1) is 6.92 Å². The van der Waals surface area contributed by atoms with Gasteiger partial charge in [-0.15, -0.1) is 0 Å². The lowest BCUT2D eigenvalue weighted by atomic mass is 9.90. The van der Waals surface area contributed by atoms with Crippen molar-refractivity contribution >= 4 is 5.91 Å². The predicted octanol–water partition coefficient (Wildman–Crippen LogP) is 2.47. The first kappa shape index (κ1) is 19.0. The van der Waals surface area contributed by atoms with E-state index >= 15 is 0 Å². The molecule has 0 saturated heterocycles. The van der Waals surface area contributed by atoms with E-state index in [-0.39, 0.29) is 28.7 Å². The van der Waals surface area contributed by atoms with Crippen LogP contribution in [0.15, 0.2) is 41.5 Å². The van der Waals surface area contributed by atoms with Crippen LogP contribution in [0.4, 0.5) is 0 Å². The maximum absolute atomic E-state index is 13.3. The van der Waals surface area contributed by atoms with Gasteiger partial charge in [-0.3, -0.25) is 9.59 Å². The molecule has 2 aromatic heterocycles. The van der Waals surface area contributed by atoms with Crippen LogP contribution in [0.3, 0.4) is 0 Å². The molecule has 0 bridgehead atoms. The van der Waals surface area contributed by atoms with Crippen molar-refractivity contribution in [3.05, 3.63) is 80.8 Å². The molecule has 0 saturated carbocycles. The third-order valence-electron chi connectivity index (χ3n) is 5.71. The number of carbonyl (C=O) groups is 1. The molecule has 3 heterocycles. The SMILES string of the molecule is CCc1c(C)cc(C(=O)N2Cc3[nH]cnc3C(c3cccc(O)c3)C2)c(=O)n1C. The Bertz CT molecular complexity index is 1150. The predicted molar refractivity (Wildman–Crippen MR) is 109 cm³/mol. The Morgan fingerprint density at radius 3 is 2.86 bits per heavy atom. The van der Waals surface area contributed by atoms with Gasteiger partial charge in [-0.2, -0.15) is 0 Å². The molecule has 4 rings (SSSR count). The van der Waals surface area contributed by atoms with Crippen LogP contribution in [0.2, 0.25) is 0 Å². The zero-order valence-corrected chi connectivity index (χ0v) is 16.8. The summed E-state index contributed by atoms with van der Waals surface area (Å²) in [5.74, 6) is -0.301. The van der Waals surface area contributed by atoms with E-state index in [0.29, 0.717) is 13.1 Å². The number of amides is 1. The second kappa shape index (κ2) is 7.24. The summed E-state index contributed by atoms with van der Waals surface area (Å²) >= 11 is 0. The number of hydrogen-bond donors (Lipinski definition) is 2. The van der Waals surface area contributed by atoms with E-state index in [2.05, 4.69) is 9.97 Å². The van der Waals surface area contributed by atoms with Gasteiger partial charge in [0.2, 0.25) is 0 Å². The number of nitrogens with one attached hydrogen (secondary N) is 1. The number of benzene rings is 1. The molecule has 0 spiro atoms. The molecule has 7 nitrogen and oxygen atoms in total. The molecule has 2 N–H and O–H groups in total. The Hall–Kier alpha value is -3.35. The molecule has 3 aromatic rings. The van der Waals surface area contributed by atoms with Crippen molar-refractivity contribution in [3.8, 4) is 5.75 Å². The Labute approximate surface area is 168 Å². The first-order valence-electron chi connectivity index (χ1n) is 9.70. The van der Waals surface area contributed by atoms with Gasteiger partial charge in [-0.25, -0.2) is 4.98 Å². The van der Waals surface area contributed by atoms with Crippen LogP contribution in [-0.4, -0.2) is 37.0 Å². The summed E-state index contributed by atoms with van der Waals surface area (Å²) in [6.07, 6.45) is 2.35. The fourth-order valence-electron chi connectivity index (χ4n) is 4.25. The van der Waals surface area contributed by atoms with Gasteiger partial charge in [-0.05, 0) is 42.7 Å². The third-order valence-corrected chi connectivity index (χ3v) is 5.71. The molecule has 1 atom stereocenters. The molecule has 1 unspecified atom stereocenters. The minimum absolute atomic E-state index is 0.169. The number of pyridine rings is 1. The number of rotatable bonds is 3. The van der Waals surface area contributed by atoms with Crippen molar-refractivity contribution in [2.45, 2.75) is 32.7 Å². The number of phenolic OH excluding ortho intramolecular Hbond substituents is 1. The maximum Gasteiger partial charge on any atom is 0.263 e. The maximum atomic E-state index is 13.3. The minimum Gasteiger partial charge on any atom is -0.508 e. The van der Waals surface area contributed by atoms with Crippen LogP contribution < -0.4 is 5.56 Å². The number of carbonyl (C=O) groups excluding carboxylic acids is 1. The number of aryl methyl sites for hydroxylation is 1. The quantitative estimate of drug-likeness (QED) is 0.716. The summed E-state index contributed by atoms with van der Waals surface area (Å²) in [6, 6.07) is 8.70. The van der Waals surface area contributed by atoms with Crippen molar-refractivity contribution in [1.29, 1.82) is 0 Å². The molecule has 7 heteroatoms. The molecule has 1 aliphatic rings. The van der Waals surface area contributed by atoms with Gasteiger partial charge in [0, 0.05) is 25.2 Å². The summed E-state index contributed by atoms with van der Waals surface area (Å²) in [5.41, 5.74) is 4.35. The summed E-state index contributed by atoms with van der Waals surface area (Å²) in [4.78, 5) is 35.4. The van der Waals surface area contributed by atoms with E-state index in [0.717, 1.165) is 34.6 Å². The number of H-pyrrole nitrogens is 1. The first-order valence-corrected chi connectivity index (χ1v) is 9.70. The number of aromatic amines is 1. The Balaban J connectivity index is 1.74. The molecule has 0 fully saturated rings. The molecular weight excluding hydrogens is 368 g/mol. The number of imidazole rings is 1. The highest BCUT2D eigenvalue weighted by Crippen LogP contribution is 2.33. The summed E-state index contributed by atoms with van der Waals surface area (Å²) in [6.45, 7) is 4.67. The molecule has 1 amide bonds. The van der Waals surface area contributed by atoms with Crippen LogP contribution >= 0.6 is 0 Å². The molecule has 1 aliphatic heterocycles. The van der Waals surface area contributed by atoms with Gasteiger partial charge in [0.05, 0.1) is 24.3 Å². The van der Waals surface area contributed by atoms with E-state index in [1.54, 1.807) is 47.1 Å². The normalized spacial score (nSPS) is 16.0. The highest BCUT2D eigenvalue weighted by Gasteiger charge is 2.33. The topological polar surface area (TPSA) is 91.2 Å². The van der Waals surface area contributed by atoms with Crippen molar-refractivity contribution in [2.24, 2.45) is 7.05 Å². The van der Waals surface area contributed by atoms with Crippen LogP contribution in [0.5, 0.6) is 5.75 Å². The molecule has 0 aliphatic carbocycles. The van der Waals surface area contributed by atoms with E-state index in [4.69, 9.17) is 0 Å².